The lowest BCUT2D eigenvalue weighted by Crippen LogP contribution is -2.40. The maximum absolute atomic E-state index is 13.2. The normalized spacial score (nSPS) is 21.1. The fourth-order valence-electron chi connectivity index (χ4n) is 4.68. The van der Waals surface area contributed by atoms with E-state index in [1.165, 1.54) is 7.11 Å². The van der Waals surface area contributed by atoms with Crippen LogP contribution in [-0.4, -0.2) is 18.9 Å². The van der Waals surface area contributed by atoms with Crippen LogP contribution in [0.1, 0.15) is 101 Å². The first-order valence-electron chi connectivity index (χ1n) is 10.6. The summed E-state index contributed by atoms with van der Waals surface area (Å²) in [5.41, 5.74) is 0.0230. The van der Waals surface area contributed by atoms with Crippen LogP contribution in [0.15, 0.2) is 0 Å². The summed E-state index contributed by atoms with van der Waals surface area (Å²) in [5, 5.41) is 0. The van der Waals surface area contributed by atoms with Crippen molar-refractivity contribution in [2.45, 2.75) is 101 Å². The first kappa shape index (κ1) is 24.2. The highest BCUT2D eigenvalue weighted by Crippen LogP contribution is 2.54. The van der Waals surface area contributed by atoms with E-state index >= 15 is 0 Å². The number of hydrogen-bond acceptors (Lipinski definition) is 3. The molecule has 3 heteroatoms. The van der Waals surface area contributed by atoms with Gasteiger partial charge in [-0.15, -0.1) is 0 Å². The Bertz CT molecular complexity index is 534. The first-order valence-corrected chi connectivity index (χ1v) is 10.6. The lowest BCUT2D eigenvalue weighted by molar-refractivity contribution is -0.141. The van der Waals surface area contributed by atoms with Gasteiger partial charge in [0.25, 0.3) is 0 Å². The van der Waals surface area contributed by atoms with Crippen molar-refractivity contribution in [1.82, 2.24) is 0 Å². The van der Waals surface area contributed by atoms with Gasteiger partial charge in [-0.05, 0) is 53.8 Å². The Morgan fingerprint density at radius 2 is 1.48 bits per heavy atom. The van der Waals surface area contributed by atoms with Crippen LogP contribution in [0.4, 0.5) is 0 Å². The quantitative estimate of drug-likeness (QED) is 0.410. The fourth-order valence-corrected chi connectivity index (χ4v) is 4.68. The van der Waals surface area contributed by atoms with Gasteiger partial charge in [-0.2, -0.15) is 0 Å². The summed E-state index contributed by atoms with van der Waals surface area (Å²) in [6.07, 6.45) is 5.31. The van der Waals surface area contributed by atoms with E-state index in [0.29, 0.717) is 30.5 Å². The topological polar surface area (TPSA) is 43.4 Å². The van der Waals surface area contributed by atoms with Gasteiger partial charge in [-0.25, -0.2) is 0 Å². The summed E-state index contributed by atoms with van der Waals surface area (Å²) in [6, 6.07) is 0. The van der Waals surface area contributed by atoms with Crippen LogP contribution in [0.2, 0.25) is 0 Å². The highest BCUT2D eigenvalue weighted by molar-refractivity contribution is 5.84. The second-order valence-corrected chi connectivity index (χ2v) is 12.1. The molecule has 0 aliphatic heterocycles. The van der Waals surface area contributed by atoms with Gasteiger partial charge in [0.1, 0.15) is 5.78 Å². The van der Waals surface area contributed by atoms with Crippen LogP contribution in [0.25, 0.3) is 0 Å². The standard InChI is InChI=1S/C24H44O3/c1-21(2,3)16-22(4,5)12-11-19(25)24(8,9)23(6,7)15-18-13-17(18)14-20(26)27-10/h17-18H,11-16H2,1-10H3. The molecule has 158 valence electrons. The smallest absolute Gasteiger partial charge is 0.305 e. The first-order chi connectivity index (χ1) is 12.0. The van der Waals surface area contributed by atoms with E-state index in [9.17, 15) is 9.59 Å². The van der Waals surface area contributed by atoms with Gasteiger partial charge in [0.15, 0.2) is 0 Å². The molecule has 1 aliphatic carbocycles. The molecule has 0 aromatic heterocycles. The summed E-state index contributed by atoms with van der Waals surface area (Å²) >= 11 is 0. The zero-order valence-electron chi connectivity index (χ0n) is 19.6. The van der Waals surface area contributed by atoms with Crippen molar-refractivity contribution in [3.05, 3.63) is 0 Å². The summed E-state index contributed by atoms with van der Waals surface area (Å²) in [5.74, 6) is 1.24. The molecule has 1 saturated carbocycles. The maximum Gasteiger partial charge on any atom is 0.305 e. The van der Waals surface area contributed by atoms with Gasteiger partial charge in [0, 0.05) is 18.3 Å². The Kier molecular flexibility index (Phi) is 7.39. The molecule has 1 fully saturated rings. The molecule has 0 heterocycles. The van der Waals surface area contributed by atoms with Crippen LogP contribution in [0, 0.1) is 33.5 Å². The van der Waals surface area contributed by atoms with Crippen molar-refractivity contribution in [2.24, 2.45) is 33.5 Å². The Morgan fingerprint density at radius 3 is 1.96 bits per heavy atom. The highest BCUT2D eigenvalue weighted by Gasteiger charge is 2.49. The van der Waals surface area contributed by atoms with Gasteiger partial charge in [-0.1, -0.05) is 62.3 Å². The van der Waals surface area contributed by atoms with Crippen molar-refractivity contribution in [1.29, 1.82) is 0 Å². The number of hydrogen-bond donors (Lipinski definition) is 0. The average Bonchev–Trinajstić information content (AvgIpc) is 3.18. The summed E-state index contributed by atoms with van der Waals surface area (Å²) < 4.78 is 4.79. The second kappa shape index (κ2) is 8.25. The number of esters is 1. The van der Waals surface area contributed by atoms with Crippen LogP contribution in [0.5, 0.6) is 0 Å². The molecule has 0 bridgehead atoms. The van der Waals surface area contributed by atoms with Crippen molar-refractivity contribution in [2.75, 3.05) is 7.11 Å². The van der Waals surface area contributed by atoms with E-state index in [2.05, 4.69) is 62.3 Å². The molecule has 0 N–H and O–H groups in total. The number of carbonyl (C=O) groups excluding carboxylic acids is 2. The van der Waals surface area contributed by atoms with Gasteiger partial charge in [0.05, 0.1) is 7.11 Å². The van der Waals surface area contributed by atoms with E-state index < -0.39 is 0 Å². The number of Topliss-reactive ketones (excluding diaryl/α,β-unsaturated/α-hetero) is 1. The molecule has 3 nitrogen and oxygen atoms in total. The SMILES string of the molecule is COC(=O)CC1CC1CC(C)(C)C(C)(C)C(=O)CCC(C)(C)CC(C)(C)C. The predicted octanol–water partition coefficient (Wildman–Crippen LogP) is 6.44. The molecule has 0 saturated heterocycles. The van der Waals surface area contributed by atoms with Crippen molar-refractivity contribution < 1.29 is 14.3 Å². The Balaban J connectivity index is 2.63. The van der Waals surface area contributed by atoms with Crippen LogP contribution < -0.4 is 0 Å². The van der Waals surface area contributed by atoms with Crippen molar-refractivity contribution in [3.63, 3.8) is 0 Å². The Labute approximate surface area is 168 Å². The molecule has 1 rings (SSSR count). The molecule has 1 aliphatic rings. The van der Waals surface area contributed by atoms with Crippen molar-refractivity contribution in [3.8, 4) is 0 Å². The molecular weight excluding hydrogens is 336 g/mol. The number of ether oxygens (including phenoxy) is 1. The van der Waals surface area contributed by atoms with E-state index in [-0.39, 0.29) is 27.6 Å². The second-order valence-electron chi connectivity index (χ2n) is 12.1. The monoisotopic (exact) mass is 380 g/mol. The van der Waals surface area contributed by atoms with Crippen molar-refractivity contribution >= 4 is 11.8 Å². The van der Waals surface area contributed by atoms with Gasteiger partial charge in [-0.3, -0.25) is 9.59 Å². The molecule has 27 heavy (non-hydrogen) atoms. The fraction of sp³-hybridized carbons (Fsp3) is 0.917. The van der Waals surface area contributed by atoms with Crippen LogP contribution >= 0.6 is 0 Å². The Morgan fingerprint density at radius 1 is 0.926 bits per heavy atom. The predicted molar refractivity (Wildman–Crippen MR) is 113 cm³/mol. The number of ketones is 1. The summed E-state index contributed by atoms with van der Waals surface area (Å²) in [6.45, 7) is 20.0. The molecule has 2 atom stereocenters. The molecule has 0 radical (unpaired) electrons. The van der Waals surface area contributed by atoms with E-state index in [1.807, 2.05) is 0 Å². The highest BCUT2D eigenvalue weighted by atomic mass is 16.5. The third kappa shape index (κ3) is 7.23. The Hall–Kier alpha value is -0.860. The van der Waals surface area contributed by atoms with Gasteiger partial charge in [0.2, 0.25) is 0 Å². The van der Waals surface area contributed by atoms with E-state index in [4.69, 9.17) is 4.74 Å². The van der Waals surface area contributed by atoms with E-state index in [0.717, 1.165) is 25.7 Å². The molecule has 0 spiro atoms. The molecular formula is C24H44O3. The molecule has 0 amide bonds. The molecule has 0 aromatic rings. The zero-order chi connectivity index (χ0) is 21.3. The zero-order valence-corrected chi connectivity index (χ0v) is 19.6. The molecule has 2 unspecified atom stereocenters. The lowest BCUT2D eigenvalue weighted by atomic mass is 9.61. The summed E-state index contributed by atoms with van der Waals surface area (Å²) in [4.78, 5) is 24.6. The number of rotatable bonds is 10. The minimum absolute atomic E-state index is 0.0756. The number of methoxy groups -OCH3 is 1. The lowest BCUT2D eigenvalue weighted by Gasteiger charge is -2.42. The van der Waals surface area contributed by atoms with Crippen LogP contribution in [-0.2, 0) is 14.3 Å². The largest absolute Gasteiger partial charge is 0.469 e. The minimum atomic E-state index is -0.358. The third-order valence-electron chi connectivity index (χ3n) is 6.92. The van der Waals surface area contributed by atoms with Crippen LogP contribution in [0.3, 0.4) is 0 Å². The van der Waals surface area contributed by atoms with Gasteiger partial charge >= 0.3 is 5.97 Å². The maximum atomic E-state index is 13.2. The average molecular weight is 381 g/mol. The third-order valence-corrected chi connectivity index (χ3v) is 6.92. The van der Waals surface area contributed by atoms with E-state index in [1.54, 1.807) is 0 Å². The molecule has 0 aromatic carbocycles. The van der Waals surface area contributed by atoms with Gasteiger partial charge < -0.3 is 4.74 Å². The minimum Gasteiger partial charge on any atom is -0.469 e. The number of carbonyl (C=O) groups is 2. The summed E-state index contributed by atoms with van der Waals surface area (Å²) in [7, 11) is 1.45.